The fourth-order valence-electron chi connectivity index (χ4n) is 2.94. The molecule has 0 aliphatic carbocycles. The number of hydrogen-bond acceptors (Lipinski definition) is 4. The summed E-state index contributed by atoms with van der Waals surface area (Å²) in [5.74, 6) is 2.58. The molecule has 1 aromatic rings. The van der Waals surface area contributed by atoms with Crippen molar-refractivity contribution < 1.29 is 9.47 Å². The Morgan fingerprint density at radius 3 is 2.73 bits per heavy atom. The second-order valence-electron chi connectivity index (χ2n) is 6.21. The Morgan fingerprint density at radius 1 is 1.27 bits per heavy atom. The van der Waals surface area contributed by atoms with Gasteiger partial charge in [-0.3, -0.25) is 4.90 Å². The van der Waals surface area contributed by atoms with Gasteiger partial charge in [0, 0.05) is 6.54 Å². The Kier molecular flexibility index (Phi) is 7.00. The molecule has 0 spiro atoms. The van der Waals surface area contributed by atoms with Crippen molar-refractivity contribution in [1.82, 2.24) is 4.90 Å². The van der Waals surface area contributed by atoms with Crippen LogP contribution in [-0.2, 0) is 6.42 Å². The first-order valence-corrected chi connectivity index (χ1v) is 8.45. The largest absolute Gasteiger partial charge is 0.493 e. The number of nitrogens with two attached hydrogens (primary N) is 1. The molecule has 0 aromatic heterocycles. The lowest BCUT2D eigenvalue weighted by Crippen LogP contribution is -2.35. The minimum Gasteiger partial charge on any atom is -0.493 e. The number of hydrogen-bond donors (Lipinski definition) is 1. The van der Waals surface area contributed by atoms with Crippen molar-refractivity contribution in [2.24, 2.45) is 11.7 Å². The Labute approximate surface area is 134 Å². The van der Waals surface area contributed by atoms with Gasteiger partial charge in [-0.2, -0.15) is 0 Å². The minimum absolute atomic E-state index is 0.697. The van der Waals surface area contributed by atoms with E-state index in [4.69, 9.17) is 15.2 Å². The van der Waals surface area contributed by atoms with Crippen molar-refractivity contribution >= 4 is 0 Å². The third kappa shape index (κ3) is 4.89. The van der Waals surface area contributed by atoms with Crippen LogP contribution in [0.4, 0.5) is 0 Å². The minimum atomic E-state index is 0.697. The quantitative estimate of drug-likeness (QED) is 0.802. The third-order valence-corrected chi connectivity index (χ3v) is 4.46. The first-order chi connectivity index (χ1) is 10.7. The lowest BCUT2D eigenvalue weighted by molar-refractivity contribution is 0.158. The highest BCUT2D eigenvalue weighted by molar-refractivity contribution is 5.46. The Balaban J connectivity index is 1.90. The molecule has 22 heavy (non-hydrogen) atoms. The summed E-state index contributed by atoms with van der Waals surface area (Å²) >= 11 is 0. The molecule has 2 N–H and O–H groups in total. The fourth-order valence-corrected chi connectivity index (χ4v) is 2.94. The van der Waals surface area contributed by atoms with Crippen LogP contribution in [0.15, 0.2) is 18.2 Å². The van der Waals surface area contributed by atoms with Crippen LogP contribution in [0.5, 0.6) is 11.5 Å². The summed E-state index contributed by atoms with van der Waals surface area (Å²) < 4.78 is 11.5. The van der Waals surface area contributed by atoms with E-state index in [-0.39, 0.29) is 0 Å². The molecule has 1 aliphatic heterocycles. The van der Waals surface area contributed by atoms with Crippen molar-refractivity contribution in [3.63, 3.8) is 0 Å². The van der Waals surface area contributed by atoms with Gasteiger partial charge in [0.2, 0.25) is 0 Å². The zero-order chi connectivity index (χ0) is 15.8. The molecule has 0 bridgehead atoms. The maximum absolute atomic E-state index is 6.08. The molecule has 124 valence electrons. The van der Waals surface area contributed by atoms with E-state index in [2.05, 4.69) is 17.9 Å². The van der Waals surface area contributed by atoms with Gasteiger partial charge >= 0.3 is 0 Å². The molecule has 0 saturated carbocycles. The van der Waals surface area contributed by atoms with Crippen LogP contribution >= 0.6 is 0 Å². The van der Waals surface area contributed by atoms with E-state index in [1.54, 1.807) is 7.11 Å². The van der Waals surface area contributed by atoms with Crippen LogP contribution in [0.1, 0.15) is 31.7 Å². The molecule has 0 atom stereocenters. The molecule has 4 heteroatoms. The predicted octanol–water partition coefficient (Wildman–Crippen LogP) is 2.70. The van der Waals surface area contributed by atoms with E-state index >= 15 is 0 Å². The van der Waals surface area contributed by atoms with Gasteiger partial charge in [-0.1, -0.05) is 19.1 Å². The number of benzene rings is 1. The summed E-state index contributed by atoms with van der Waals surface area (Å²) in [6, 6.07) is 6.09. The molecular weight excluding hydrogens is 276 g/mol. The highest BCUT2D eigenvalue weighted by Gasteiger charge is 2.16. The Hall–Kier alpha value is -1.26. The smallest absolute Gasteiger partial charge is 0.164 e. The molecule has 1 heterocycles. The second-order valence-corrected chi connectivity index (χ2v) is 6.21. The number of piperidine rings is 1. The summed E-state index contributed by atoms with van der Waals surface area (Å²) in [6.07, 6.45) is 4.50. The molecule has 0 amide bonds. The van der Waals surface area contributed by atoms with Crippen LogP contribution in [-0.4, -0.2) is 44.8 Å². The van der Waals surface area contributed by atoms with Gasteiger partial charge in [0.15, 0.2) is 11.5 Å². The zero-order valence-corrected chi connectivity index (χ0v) is 14.0. The van der Waals surface area contributed by atoms with Crippen molar-refractivity contribution in [2.75, 3.05) is 39.9 Å². The topological polar surface area (TPSA) is 47.7 Å². The number of methoxy groups -OCH3 is 1. The van der Waals surface area contributed by atoms with Gasteiger partial charge in [0.25, 0.3) is 0 Å². The lowest BCUT2D eigenvalue weighted by atomic mass is 9.99. The molecule has 1 aromatic carbocycles. The molecule has 0 unspecified atom stereocenters. The normalized spacial score (nSPS) is 16.7. The predicted molar refractivity (Wildman–Crippen MR) is 90.7 cm³/mol. The number of para-hydroxylation sites is 1. The van der Waals surface area contributed by atoms with Crippen LogP contribution in [0.3, 0.4) is 0 Å². The fraction of sp³-hybridized carbons (Fsp3) is 0.667. The van der Waals surface area contributed by atoms with Crippen LogP contribution < -0.4 is 15.2 Å². The van der Waals surface area contributed by atoms with E-state index in [1.165, 1.54) is 31.5 Å². The van der Waals surface area contributed by atoms with Crippen molar-refractivity contribution in [3.05, 3.63) is 23.8 Å². The number of ether oxygens (including phenoxy) is 2. The number of likely N-dealkylation sites (tertiary alicyclic amines) is 1. The Bertz CT molecular complexity index is 443. The van der Waals surface area contributed by atoms with Crippen molar-refractivity contribution in [2.45, 2.75) is 32.6 Å². The van der Waals surface area contributed by atoms with Crippen LogP contribution in [0.25, 0.3) is 0 Å². The zero-order valence-electron chi connectivity index (χ0n) is 14.0. The lowest BCUT2D eigenvalue weighted by Gasteiger charge is -2.30. The molecular formula is C18H30N2O2. The maximum Gasteiger partial charge on any atom is 0.164 e. The van der Waals surface area contributed by atoms with E-state index in [1.807, 2.05) is 12.1 Å². The number of rotatable bonds is 8. The standard InChI is InChI=1S/C18H30N2O2/c1-15-8-11-20(12-9-15)13-14-22-18-16(6-4-10-19)5-3-7-17(18)21-2/h3,5,7,15H,4,6,8-14,19H2,1-2H3. The summed E-state index contributed by atoms with van der Waals surface area (Å²) in [6.45, 7) is 7.12. The molecule has 2 rings (SSSR count). The highest BCUT2D eigenvalue weighted by atomic mass is 16.5. The summed E-state index contributed by atoms with van der Waals surface area (Å²) in [5.41, 5.74) is 6.82. The van der Waals surface area contributed by atoms with Gasteiger partial charge in [-0.25, -0.2) is 0 Å². The van der Waals surface area contributed by atoms with E-state index in [0.29, 0.717) is 13.2 Å². The first kappa shape index (κ1) is 17.1. The second kappa shape index (κ2) is 9.01. The van der Waals surface area contributed by atoms with Gasteiger partial charge in [0.1, 0.15) is 6.61 Å². The first-order valence-electron chi connectivity index (χ1n) is 8.45. The number of nitrogens with zero attached hydrogens (tertiary/aromatic N) is 1. The van der Waals surface area contributed by atoms with Gasteiger partial charge in [-0.15, -0.1) is 0 Å². The average molecular weight is 306 g/mol. The van der Waals surface area contributed by atoms with Crippen LogP contribution in [0, 0.1) is 5.92 Å². The van der Waals surface area contributed by atoms with E-state index in [0.717, 1.165) is 36.8 Å². The van der Waals surface area contributed by atoms with E-state index in [9.17, 15) is 0 Å². The third-order valence-electron chi connectivity index (χ3n) is 4.46. The average Bonchev–Trinajstić information content (AvgIpc) is 2.55. The van der Waals surface area contributed by atoms with Crippen molar-refractivity contribution in [3.8, 4) is 11.5 Å². The molecule has 0 radical (unpaired) electrons. The molecule has 4 nitrogen and oxygen atoms in total. The SMILES string of the molecule is COc1cccc(CCCN)c1OCCN1CCC(C)CC1. The molecule has 1 aliphatic rings. The summed E-state index contributed by atoms with van der Waals surface area (Å²) in [4.78, 5) is 2.50. The summed E-state index contributed by atoms with van der Waals surface area (Å²) in [7, 11) is 1.70. The maximum atomic E-state index is 6.08. The van der Waals surface area contributed by atoms with Crippen molar-refractivity contribution in [1.29, 1.82) is 0 Å². The Morgan fingerprint density at radius 2 is 2.05 bits per heavy atom. The summed E-state index contributed by atoms with van der Waals surface area (Å²) in [5, 5.41) is 0. The molecule has 1 saturated heterocycles. The monoisotopic (exact) mass is 306 g/mol. The van der Waals surface area contributed by atoms with Crippen LogP contribution in [0.2, 0.25) is 0 Å². The molecule has 1 fully saturated rings. The van der Waals surface area contributed by atoms with Gasteiger partial charge in [-0.05, 0) is 62.9 Å². The highest BCUT2D eigenvalue weighted by Crippen LogP contribution is 2.32. The van der Waals surface area contributed by atoms with Gasteiger partial charge in [0.05, 0.1) is 7.11 Å². The number of aryl methyl sites for hydroxylation is 1. The van der Waals surface area contributed by atoms with E-state index < -0.39 is 0 Å². The van der Waals surface area contributed by atoms with Gasteiger partial charge < -0.3 is 15.2 Å².